The highest BCUT2D eigenvalue weighted by molar-refractivity contribution is 5.41. The average molecular weight is 325 g/mol. The van der Waals surface area contributed by atoms with Gasteiger partial charge in [-0.1, -0.05) is 6.07 Å². The average Bonchev–Trinajstić information content (AvgIpc) is 2.98. The lowest BCUT2D eigenvalue weighted by atomic mass is 10.3. The van der Waals surface area contributed by atoms with Crippen molar-refractivity contribution in [3.63, 3.8) is 0 Å². The van der Waals surface area contributed by atoms with E-state index >= 15 is 0 Å². The smallest absolute Gasteiger partial charge is 0.422 e. The Labute approximate surface area is 126 Å². The Hall–Kier alpha value is -2.91. The molecule has 0 fully saturated rings. The number of halogens is 3. The second-order valence-electron chi connectivity index (χ2n) is 4.66. The number of ether oxygens (including phenoxy) is 1. The number of aromatic nitrogens is 5. The van der Waals surface area contributed by atoms with Crippen LogP contribution in [0.5, 0.6) is 5.88 Å². The second-order valence-corrected chi connectivity index (χ2v) is 4.66. The molecule has 0 bridgehead atoms. The van der Waals surface area contributed by atoms with E-state index in [2.05, 4.69) is 19.9 Å². The lowest BCUT2D eigenvalue weighted by molar-refractivity contribution is -0.154. The molecule has 0 spiro atoms. The van der Waals surface area contributed by atoms with E-state index < -0.39 is 12.8 Å². The number of hydrogen-bond acceptors (Lipinski definition) is 5. The minimum atomic E-state index is -4.42. The maximum absolute atomic E-state index is 12.1. The van der Waals surface area contributed by atoms with Crippen LogP contribution < -0.4 is 10.3 Å². The molecule has 120 valence electrons. The third-order valence-corrected chi connectivity index (χ3v) is 2.94. The molecule has 0 N–H and O–H groups in total. The number of alkyl halides is 3. The summed E-state index contributed by atoms with van der Waals surface area (Å²) in [4.78, 5) is 15.9. The van der Waals surface area contributed by atoms with Gasteiger partial charge in [0.05, 0.1) is 12.7 Å². The molecular formula is C13H10F3N5O2. The fourth-order valence-electron chi connectivity index (χ4n) is 1.90. The molecule has 0 aliphatic heterocycles. The number of pyridine rings is 1. The Bertz CT molecular complexity index is 870. The van der Waals surface area contributed by atoms with Crippen LogP contribution in [-0.4, -0.2) is 37.2 Å². The van der Waals surface area contributed by atoms with Crippen LogP contribution in [0.15, 0.2) is 41.7 Å². The van der Waals surface area contributed by atoms with E-state index in [9.17, 15) is 18.0 Å². The molecule has 0 amide bonds. The molecule has 7 nitrogen and oxygen atoms in total. The van der Waals surface area contributed by atoms with E-state index in [0.29, 0.717) is 11.1 Å². The molecule has 0 atom stereocenters. The SMILES string of the molecule is O=c1c2ccnn2cnn1Cc1ccc(OCC(F)(F)F)nc1. The Kier molecular flexibility index (Phi) is 3.72. The molecule has 0 radical (unpaired) electrons. The molecule has 0 aromatic carbocycles. The summed E-state index contributed by atoms with van der Waals surface area (Å²) in [7, 11) is 0. The highest BCUT2D eigenvalue weighted by Crippen LogP contribution is 2.17. The number of rotatable bonds is 4. The summed E-state index contributed by atoms with van der Waals surface area (Å²) in [5, 5.41) is 7.86. The Morgan fingerprint density at radius 2 is 2.00 bits per heavy atom. The van der Waals surface area contributed by atoms with Crippen LogP contribution in [0, 0.1) is 0 Å². The Balaban J connectivity index is 1.74. The summed E-state index contributed by atoms with van der Waals surface area (Å²) >= 11 is 0. The molecule has 23 heavy (non-hydrogen) atoms. The number of fused-ring (bicyclic) bond motifs is 1. The summed E-state index contributed by atoms with van der Waals surface area (Å²) in [6.45, 7) is -1.27. The maximum atomic E-state index is 12.1. The normalized spacial score (nSPS) is 11.8. The third-order valence-electron chi connectivity index (χ3n) is 2.94. The molecule has 0 aliphatic carbocycles. The van der Waals surface area contributed by atoms with Gasteiger partial charge in [0, 0.05) is 12.3 Å². The number of nitrogens with zero attached hydrogens (tertiary/aromatic N) is 5. The minimum Gasteiger partial charge on any atom is -0.468 e. The highest BCUT2D eigenvalue weighted by Gasteiger charge is 2.28. The second kappa shape index (κ2) is 5.71. The first kappa shape index (κ1) is 15.0. The summed E-state index contributed by atoms with van der Waals surface area (Å²) in [6, 6.07) is 4.39. The van der Waals surface area contributed by atoms with Crippen molar-refractivity contribution in [2.24, 2.45) is 0 Å². The minimum absolute atomic E-state index is 0.132. The first-order valence-electron chi connectivity index (χ1n) is 6.46. The molecule has 3 aromatic rings. The Morgan fingerprint density at radius 3 is 2.70 bits per heavy atom. The van der Waals surface area contributed by atoms with E-state index in [1.165, 1.54) is 40.1 Å². The van der Waals surface area contributed by atoms with Crippen molar-refractivity contribution in [1.82, 2.24) is 24.4 Å². The van der Waals surface area contributed by atoms with Crippen LogP contribution in [0.2, 0.25) is 0 Å². The van der Waals surface area contributed by atoms with Gasteiger partial charge in [-0.2, -0.15) is 23.4 Å². The summed E-state index contributed by atoms with van der Waals surface area (Å²) < 4.78 is 43.2. The molecule has 0 saturated heterocycles. The zero-order valence-corrected chi connectivity index (χ0v) is 11.6. The van der Waals surface area contributed by atoms with E-state index in [4.69, 9.17) is 0 Å². The first-order chi connectivity index (χ1) is 10.9. The van der Waals surface area contributed by atoms with Crippen LogP contribution in [-0.2, 0) is 6.54 Å². The standard InChI is InChI=1S/C13H10F3N5O2/c14-13(15,16)7-23-11-2-1-9(5-17-11)6-20-12(22)10-3-4-18-21(10)8-19-20/h1-5,8H,6-7H2. The van der Waals surface area contributed by atoms with E-state index in [1.807, 2.05) is 0 Å². The Morgan fingerprint density at radius 1 is 1.17 bits per heavy atom. The van der Waals surface area contributed by atoms with Crippen molar-refractivity contribution < 1.29 is 17.9 Å². The highest BCUT2D eigenvalue weighted by atomic mass is 19.4. The topological polar surface area (TPSA) is 74.3 Å². The lowest BCUT2D eigenvalue weighted by Gasteiger charge is -2.09. The molecule has 3 rings (SSSR count). The number of hydrogen-bond donors (Lipinski definition) is 0. The monoisotopic (exact) mass is 325 g/mol. The van der Waals surface area contributed by atoms with Crippen molar-refractivity contribution >= 4 is 5.52 Å². The fraction of sp³-hybridized carbons (Fsp3) is 0.231. The van der Waals surface area contributed by atoms with Crippen LogP contribution in [0.1, 0.15) is 5.56 Å². The van der Waals surface area contributed by atoms with Gasteiger partial charge in [-0.25, -0.2) is 14.2 Å². The van der Waals surface area contributed by atoms with Gasteiger partial charge in [-0.3, -0.25) is 4.79 Å². The van der Waals surface area contributed by atoms with Crippen LogP contribution in [0.4, 0.5) is 13.2 Å². The molecule has 0 saturated carbocycles. The van der Waals surface area contributed by atoms with Crippen LogP contribution >= 0.6 is 0 Å². The largest absolute Gasteiger partial charge is 0.468 e. The van der Waals surface area contributed by atoms with Gasteiger partial charge in [0.2, 0.25) is 5.88 Å². The molecule has 0 unspecified atom stereocenters. The van der Waals surface area contributed by atoms with Crippen molar-refractivity contribution in [3.05, 3.63) is 52.8 Å². The van der Waals surface area contributed by atoms with Crippen molar-refractivity contribution in [2.45, 2.75) is 12.7 Å². The van der Waals surface area contributed by atoms with E-state index in [-0.39, 0.29) is 18.0 Å². The predicted octanol–water partition coefficient (Wildman–Crippen LogP) is 1.28. The van der Waals surface area contributed by atoms with Gasteiger partial charge in [-0.05, 0) is 11.6 Å². The van der Waals surface area contributed by atoms with Gasteiger partial charge in [0.25, 0.3) is 5.56 Å². The van der Waals surface area contributed by atoms with E-state index in [1.54, 1.807) is 6.07 Å². The van der Waals surface area contributed by atoms with Crippen molar-refractivity contribution in [2.75, 3.05) is 6.61 Å². The van der Waals surface area contributed by atoms with Gasteiger partial charge in [0.15, 0.2) is 6.61 Å². The van der Waals surface area contributed by atoms with Crippen LogP contribution in [0.3, 0.4) is 0 Å². The molecule has 3 heterocycles. The van der Waals surface area contributed by atoms with Gasteiger partial charge in [0.1, 0.15) is 11.8 Å². The summed E-state index contributed by atoms with van der Waals surface area (Å²) in [5.74, 6) is -0.141. The molecule has 0 aliphatic rings. The zero-order chi connectivity index (χ0) is 16.4. The first-order valence-corrected chi connectivity index (χ1v) is 6.46. The lowest BCUT2D eigenvalue weighted by Crippen LogP contribution is -2.25. The van der Waals surface area contributed by atoms with Crippen molar-refractivity contribution in [3.8, 4) is 5.88 Å². The quantitative estimate of drug-likeness (QED) is 0.722. The fourth-order valence-corrected chi connectivity index (χ4v) is 1.90. The molecule has 10 heteroatoms. The summed E-state index contributed by atoms with van der Waals surface area (Å²) in [6.07, 6.45) is -0.208. The zero-order valence-electron chi connectivity index (χ0n) is 11.6. The van der Waals surface area contributed by atoms with Crippen molar-refractivity contribution in [1.29, 1.82) is 0 Å². The predicted molar refractivity (Wildman–Crippen MR) is 72.1 cm³/mol. The molecule has 3 aromatic heterocycles. The van der Waals surface area contributed by atoms with Crippen LogP contribution in [0.25, 0.3) is 5.52 Å². The van der Waals surface area contributed by atoms with Gasteiger partial charge in [-0.15, -0.1) is 0 Å². The molecular weight excluding hydrogens is 315 g/mol. The van der Waals surface area contributed by atoms with Gasteiger partial charge >= 0.3 is 6.18 Å². The van der Waals surface area contributed by atoms with E-state index in [0.717, 1.165) is 0 Å². The van der Waals surface area contributed by atoms with Gasteiger partial charge < -0.3 is 4.74 Å². The summed E-state index contributed by atoms with van der Waals surface area (Å²) in [5.41, 5.74) is 0.642. The third kappa shape index (κ3) is 3.47. The maximum Gasteiger partial charge on any atom is 0.422 e.